The van der Waals surface area contributed by atoms with Crippen LogP contribution in [0.1, 0.15) is 15.2 Å². The number of phenolic OH excluding ortho intramolecular Hbond substituents is 1. The van der Waals surface area contributed by atoms with Crippen molar-refractivity contribution in [2.75, 3.05) is 16.4 Å². The van der Waals surface area contributed by atoms with Gasteiger partial charge in [-0.05, 0) is 29.8 Å². The molecule has 3 rings (SSSR count). The van der Waals surface area contributed by atoms with Crippen molar-refractivity contribution >= 4 is 33.8 Å². The van der Waals surface area contributed by atoms with E-state index in [0.717, 1.165) is 5.56 Å². The third-order valence-electron chi connectivity index (χ3n) is 3.32. The van der Waals surface area contributed by atoms with E-state index in [1.54, 1.807) is 24.3 Å². The molecule has 0 aliphatic carbocycles. The van der Waals surface area contributed by atoms with Crippen LogP contribution in [-0.4, -0.2) is 16.0 Å². The smallest absolute Gasteiger partial charge is 0.267 e. The molecule has 0 bridgehead atoms. The molecule has 24 heavy (non-hydrogen) atoms. The first kappa shape index (κ1) is 15.8. The van der Waals surface area contributed by atoms with Gasteiger partial charge in [0.25, 0.3) is 5.91 Å². The van der Waals surface area contributed by atoms with Gasteiger partial charge in [0.05, 0.1) is 17.6 Å². The SMILES string of the molecule is Nc1ccccc1NC(=O)c1cnc(NCc2ccc(O)cc2)s1. The van der Waals surface area contributed by atoms with Crippen molar-refractivity contribution in [2.24, 2.45) is 0 Å². The highest BCUT2D eigenvalue weighted by Crippen LogP contribution is 2.22. The van der Waals surface area contributed by atoms with E-state index in [2.05, 4.69) is 15.6 Å². The van der Waals surface area contributed by atoms with Gasteiger partial charge in [0, 0.05) is 6.54 Å². The van der Waals surface area contributed by atoms with Crippen LogP contribution in [0.2, 0.25) is 0 Å². The Morgan fingerprint density at radius 3 is 2.67 bits per heavy atom. The summed E-state index contributed by atoms with van der Waals surface area (Å²) < 4.78 is 0. The van der Waals surface area contributed by atoms with Crippen LogP contribution >= 0.6 is 11.3 Å². The Hall–Kier alpha value is -3.06. The highest BCUT2D eigenvalue weighted by molar-refractivity contribution is 7.17. The minimum absolute atomic E-state index is 0.229. The number of nitrogens with two attached hydrogens (primary N) is 1. The lowest BCUT2D eigenvalue weighted by atomic mass is 10.2. The number of rotatable bonds is 5. The quantitative estimate of drug-likeness (QED) is 0.534. The molecule has 0 unspecified atom stereocenters. The van der Waals surface area contributed by atoms with Gasteiger partial charge < -0.3 is 21.5 Å². The first-order valence-corrected chi connectivity index (χ1v) is 8.07. The van der Waals surface area contributed by atoms with Gasteiger partial charge in [-0.3, -0.25) is 4.79 Å². The highest BCUT2D eigenvalue weighted by Gasteiger charge is 2.12. The van der Waals surface area contributed by atoms with E-state index in [1.165, 1.54) is 17.5 Å². The first-order chi connectivity index (χ1) is 11.6. The van der Waals surface area contributed by atoms with Crippen molar-refractivity contribution in [2.45, 2.75) is 6.54 Å². The molecule has 7 heteroatoms. The number of benzene rings is 2. The standard InChI is InChI=1S/C17H16N4O2S/c18-13-3-1-2-4-14(13)21-16(23)15-10-20-17(24-15)19-9-11-5-7-12(22)8-6-11/h1-8,10,22H,9,18H2,(H,19,20)(H,21,23). The zero-order valence-corrected chi connectivity index (χ0v) is 13.5. The van der Waals surface area contributed by atoms with E-state index in [9.17, 15) is 9.90 Å². The van der Waals surface area contributed by atoms with Gasteiger partial charge in [-0.25, -0.2) is 4.98 Å². The Kier molecular flexibility index (Phi) is 4.62. The fourth-order valence-electron chi connectivity index (χ4n) is 2.05. The Balaban J connectivity index is 1.61. The Bertz CT molecular complexity index is 846. The maximum absolute atomic E-state index is 12.2. The second-order valence-corrected chi connectivity index (χ2v) is 6.12. The second kappa shape index (κ2) is 7.01. The Labute approximate surface area is 143 Å². The number of aromatic hydroxyl groups is 1. The monoisotopic (exact) mass is 340 g/mol. The van der Waals surface area contributed by atoms with Crippen LogP contribution in [0.3, 0.4) is 0 Å². The maximum atomic E-state index is 12.2. The molecule has 0 aliphatic rings. The average molecular weight is 340 g/mol. The van der Waals surface area contributed by atoms with Crippen LogP contribution in [0.4, 0.5) is 16.5 Å². The Morgan fingerprint density at radius 2 is 1.92 bits per heavy atom. The number of hydrogen-bond donors (Lipinski definition) is 4. The molecule has 1 amide bonds. The Morgan fingerprint density at radius 1 is 1.17 bits per heavy atom. The van der Waals surface area contributed by atoms with Gasteiger partial charge in [-0.1, -0.05) is 35.6 Å². The highest BCUT2D eigenvalue weighted by atomic mass is 32.1. The van der Waals surface area contributed by atoms with Gasteiger partial charge in [-0.15, -0.1) is 0 Å². The lowest BCUT2D eigenvalue weighted by Crippen LogP contribution is -2.11. The van der Waals surface area contributed by atoms with E-state index >= 15 is 0 Å². The minimum Gasteiger partial charge on any atom is -0.508 e. The molecule has 1 heterocycles. The minimum atomic E-state index is -0.247. The van der Waals surface area contributed by atoms with Crippen LogP contribution in [0, 0.1) is 0 Å². The summed E-state index contributed by atoms with van der Waals surface area (Å²) in [6.07, 6.45) is 1.53. The summed E-state index contributed by atoms with van der Waals surface area (Å²) in [5, 5.41) is 15.8. The molecule has 0 radical (unpaired) electrons. The third kappa shape index (κ3) is 3.82. The maximum Gasteiger partial charge on any atom is 0.267 e. The zero-order valence-electron chi connectivity index (χ0n) is 12.7. The predicted octanol–water partition coefficient (Wildman–Crippen LogP) is 3.30. The largest absolute Gasteiger partial charge is 0.508 e. The number of anilines is 3. The molecule has 2 aromatic carbocycles. The summed E-state index contributed by atoms with van der Waals surface area (Å²) in [7, 11) is 0. The van der Waals surface area contributed by atoms with Crippen molar-refractivity contribution in [3.63, 3.8) is 0 Å². The third-order valence-corrected chi connectivity index (χ3v) is 4.27. The van der Waals surface area contributed by atoms with Crippen molar-refractivity contribution in [3.8, 4) is 5.75 Å². The molecular weight excluding hydrogens is 324 g/mol. The fourth-order valence-corrected chi connectivity index (χ4v) is 2.75. The van der Waals surface area contributed by atoms with E-state index in [-0.39, 0.29) is 11.7 Å². The van der Waals surface area contributed by atoms with Crippen LogP contribution in [0.15, 0.2) is 54.7 Å². The molecule has 0 atom stereocenters. The zero-order chi connectivity index (χ0) is 16.9. The number of phenols is 1. The van der Waals surface area contributed by atoms with Gasteiger partial charge >= 0.3 is 0 Å². The number of nitrogens with one attached hydrogen (secondary N) is 2. The van der Waals surface area contributed by atoms with E-state index in [1.807, 2.05) is 24.3 Å². The summed E-state index contributed by atoms with van der Waals surface area (Å²) in [5.74, 6) is -0.0183. The van der Waals surface area contributed by atoms with Crippen molar-refractivity contribution < 1.29 is 9.90 Å². The number of hydrogen-bond acceptors (Lipinski definition) is 6. The second-order valence-electron chi connectivity index (χ2n) is 5.09. The number of aromatic nitrogens is 1. The van der Waals surface area contributed by atoms with Crippen molar-refractivity contribution in [1.29, 1.82) is 0 Å². The molecule has 6 nitrogen and oxygen atoms in total. The fraction of sp³-hybridized carbons (Fsp3) is 0.0588. The van der Waals surface area contributed by atoms with Crippen LogP contribution in [0.5, 0.6) is 5.75 Å². The summed E-state index contributed by atoms with van der Waals surface area (Å²) in [4.78, 5) is 16.9. The number of carbonyl (C=O) groups is 1. The van der Waals surface area contributed by atoms with Gasteiger partial charge in [0.1, 0.15) is 10.6 Å². The topological polar surface area (TPSA) is 100 Å². The lowest BCUT2D eigenvalue weighted by molar-refractivity contribution is 0.103. The summed E-state index contributed by atoms with van der Waals surface area (Å²) in [5.41, 5.74) is 7.92. The van der Waals surface area contributed by atoms with Gasteiger partial charge in [0.15, 0.2) is 5.13 Å². The van der Waals surface area contributed by atoms with Crippen LogP contribution in [0.25, 0.3) is 0 Å². The van der Waals surface area contributed by atoms with Crippen LogP contribution < -0.4 is 16.4 Å². The molecule has 0 saturated heterocycles. The molecule has 122 valence electrons. The number of nitrogen functional groups attached to an aromatic ring is 1. The molecule has 0 fully saturated rings. The number of thiazole rings is 1. The van der Waals surface area contributed by atoms with Gasteiger partial charge in [0.2, 0.25) is 0 Å². The van der Waals surface area contributed by atoms with Crippen molar-refractivity contribution in [3.05, 3.63) is 65.2 Å². The molecule has 1 aromatic heterocycles. The summed E-state index contributed by atoms with van der Waals surface area (Å²) in [6.45, 7) is 0.556. The van der Waals surface area contributed by atoms with E-state index < -0.39 is 0 Å². The average Bonchev–Trinajstić information content (AvgIpc) is 3.06. The first-order valence-electron chi connectivity index (χ1n) is 7.25. The van der Waals surface area contributed by atoms with Crippen molar-refractivity contribution in [1.82, 2.24) is 4.98 Å². The van der Waals surface area contributed by atoms with Gasteiger partial charge in [-0.2, -0.15) is 0 Å². The molecule has 0 saturated carbocycles. The molecular formula is C17H16N4O2S. The summed E-state index contributed by atoms with van der Waals surface area (Å²) >= 11 is 1.26. The molecule has 3 aromatic rings. The lowest BCUT2D eigenvalue weighted by Gasteiger charge is -2.06. The number of amides is 1. The number of carbonyl (C=O) groups excluding carboxylic acids is 1. The van der Waals surface area contributed by atoms with Crippen LogP contribution in [-0.2, 0) is 6.54 Å². The number of para-hydroxylation sites is 2. The van der Waals surface area contributed by atoms with E-state index in [4.69, 9.17) is 5.73 Å². The molecule has 0 spiro atoms. The number of nitrogens with zero attached hydrogens (tertiary/aromatic N) is 1. The predicted molar refractivity (Wildman–Crippen MR) is 96.4 cm³/mol. The van der Waals surface area contributed by atoms with E-state index in [0.29, 0.717) is 27.9 Å². The molecule has 0 aliphatic heterocycles. The molecule has 5 N–H and O–H groups in total. The summed E-state index contributed by atoms with van der Waals surface area (Å²) in [6, 6.07) is 14.0. The normalized spacial score (nSPS) is 10.3.